The smallest absolute Gasteiger partial charge is 0.220 e. The third kappa shape index (κ3) is 15.6. The quantitative estimate of drug-likeness (QED) is 0.0687. The molecule has 0 aliphatic rings. The molecule has 0 saturated heterocycles. The molecule has 2 aromatic rings. The average Bonchev–Trinajstić information content (AvgIpc) is 3.37. The molecule has 1 aromatic carbocycles. The summed E-state index contributed by atoms with van der Waals surface area (Å²) < 4.78 is 0. The average molecular weight is 557 g/mol. The fourth-order valence-corrected chi connectivity index (χ4v) is 5.69. The molecular formula is C35H60N2O3. The topological polar surface area (TPSA) is 85.3 Å². The highest BCUT2D eigenvalue weighted by Crippen LogP contribution is 2.33. The predicted octanol–water partition coefficient (Wildman–Crippen LogP) is 10.2. The van der Waals surface area contributed by atoms with Gasteiger partial charge in [0.2, 0.25) is 5.91 Å². The molecule has 0 spiro atoms. The number of carbonyl (C=O) groups excluding carboxylic acids is 1. The molecule has 2 rings (SSSR count). The van der Waals surface area contributed by atoms with Crippen LogP contribution in [0, 0.1) is 0 Å². The summed E-state index contributed by atoms with van der Waals surface area (Å²) in [5, 5.41) is 23.2. The van der Waals surface area contributed by atoms with Crippen LogP contribution in [0.1, 0.15) is 160 Å². The summed E-state index contributed by atoms with van der Waals surface area (Å²) in [6.45, 7) is 2.86. The first kappa shape index (κ1) is 34.0. The zero-order valence-electron chi connectivity index (χ0n) is 25.7. The lowest BCUT2D eigenvalue weighted by molar-refractivity contribution is -0.121. The van der Waals surface area contributed by atoms with Crippen LogP contribution >= 0.6 is 0 Å². The van der Waals surface area contributed by atoms with Gasteiger partial charge in [0.05, 0.1) is 0 Å². The molecule has 0 radical (unpaired) electrons. The number of fused-ring (bicyclic) bond motifs is 1. The van der Waals surface area contributed by atoms with E-state index in [2.05, 4.69) is 17.2 Å². The van der Waals surface area contributed by atoms with E-state index < -0.39 is 0 Å². The molecule has 1 amide bonds. The molecule has 0 aliphatic carbocycles. The van der Waals surface area contributed by atoms with Crippen molar-refractivity contribution in [3.63, 3.8) is 0 Å². The van der Waals surface area contributed by atoms with Gasteiger partial charge in [-0.1, -0.05) is 142 Å². The lowest BCUT2D eigenvalue weighted by atomic mass is 10.0. The third-order valence-corrected chi connectivity index (χ3v) is 8.28. The van der Waals surface area contributed by atoms with Gasteiger partial charge in [-0.2, -0.15) is 0 Å². The highest BCUT2D eigenvalue weighted by molar-refractivity contribution is 5.88. The molecule has 0 bridgehead atoms. The van der Waals surface area contributed by atoms with Gasteiger partial charge in [0.1, 0.15) is 0 Å². The van der Waals surface area contributed by atoms with Gasteiger partial charge in [0.25, 0.3) is 0 Å². The van der Waals surface area contributed by atoms with Gasteiger partial charge in [-0.15, -0.1) is 0 Å². The van der Waals surface area contributed by atoms with Crippen molar-refractivity contribution in [3.05, 3.63) is 23.9 Å². The number of unbranched alkanes of at least 4 members (excludes halogenated alkanes) is 21. The second-order valence-electron chi connectivity index (χ2n) is 12.0. The lowest BCUT2D eigenvalue weighted by Gasteiger charge is -2.05. The zero-order valence-corrected chi connectivity index (χ0v) is 25.7. The first-order chi connectivity index (χ1) is 19.6. The van der Waals surface area contributed by atoms with E-state index in [0.717, 1.165) is 24.1 Å². The van der Waals surface area contributed by atoms with E-state index in [1.807, 2.05) is 6.07 Å². The number of aromatic hydroxyl groups is 2. The van der Waals surface area contributed by atoms with Crippen molar-refractivity contribution in [3.8, 4) is 11.5 Å². The molecular weight excluding hydrogens is 496 g/mol. The second kappa shape index (κ2) is 22.5. The Bertz CT molecular complexity index is 907. The van der Waals surface area contributed by atoms with E-state index in [1.54, 1.807) is 6.07 Å². The van der Waals surface area contributed by atoms with Crippen LogP contribution in [0.25, 0.3) is 10.9 Å². The number of hydrogen-bond donors (Lipinski definition) is 4. The number of aromatic amines is 1. The van der Waals surface area contributed by atoms with Crippen LogP contribution in [0.3, 0.4) is 0 Å². The number of carbonyl (C=O) groups is 1. The fourth-order valence-electron chi connectivity index (χ4n) is 5.69. The Kier molecular flexibility index (Phi) is 19.2. The second-order valence-corrected chi connectivity index (χ2v) is 12.0. The maximum atomic E-state index is 12.1. The van der Waals surface area contributed by atoms with E-state index >= 15 is 0 Å². The largest absolute Gasteiger partial charge is 0.504 e. The van der Waals surface area contributed by atoms with Crippen molar-refractivity contribution in [2.24, 2.45) is 0 Å². The Morgan fingerprint density at radius 1 is 0.675 bits per heavy atom. The molecule has 0 aliphatic heterocycles. The Morgan fingerprint density at radius 3 is 1.60 bits per heavy atom. The molecule has 1 aromatic heterocycles. The molecule has 0 saturated carbocycles. The van der Waals surface area contributed by atoms with Crippen LogP contribution in [0.15, 0.2) is 18.2 Å². The Labute approximate surface area is 244 Å². The van der Waals surface area contributed by atoms with Gasteiger partial charge in [0, 0.05) is 36.0 Å². The SMILES string of the molecule is CCCCCCCCCCCCCCCCCCCCCCCCC(=O)NCCc1cc2c(O)c(O)ccc2[nH]1. The number of H-pyrrole nitrogens is 1. The number of hydrogen-bond acceptors (Lipinski definition) is 3. The summed E-state index contributed by atoms with van der Waals surface area (Å²) in [6, 6.07) is 5.05. The van der Waals surface area contributed by atoms with Crippen molar-refractivity contribution in [2.45, 2.75) is 161 Å². The van der Waals surface area contributed by atoms with Gasteiger partial charge in [-0.25, -0.2) is 0 Å². The number of phenolic OH excluding ortho intramolecular Hbond substituents is 2. The van der Waals surface area contributed by atoms with E-state index in [0.29, 0.717) is 24.8 Å². The monoisotopic (exact) mass is 556 g/mol. The molecule has 228 valence electrons. The molecule has 1 heterocycles. The molecule has 0 fully saturated rings. The minimum absolute atomic E-state index is 0.103. The van der Waals surface area contributed by atoms with Crippen molar-refractivity contribution < 1.29 is 15.0 Å². The van der Waals surface area contributed by atoms with Gasteiger partial charge in [-0.05, 0) is 24.6 Å². The Morgan fingerprint density at radius 2 is 1.12 bits per heavy atom. The number of phenols is 2. The fraction of sp³-hybridized carbons (Fsp3) is 0.743. The summed E-state index contributed by atoms with van der Waals surface area (Å²) in [7, 11) is 0. The summed E-state index contributed by atoms with van der Waals surface area (Å²) in [6.07, 6.45) is 31.5. The van der Waals surface area contributed by atoms with Crippen LogP contribution in [0.2, 0.25) is 0 Å². The number of aromatic nitrogens is 1. The van der Waals surface area contributed by atoms with Crippen LogP contribution in [0.5, 0.6) is 11.5 Å². The predicted molar refractivity (Wildman–Crippen MR) is 170 cm³/mol. The normalized spacial score (nSPS) is 11.4. The molecule has 40 heavy (non-hydrogen) atoms. The molecule has 5 heteroatoms. The lowest BCUT2D eigenvalue weighted by Crippen LogP contribution is -2.25. The van der Waals surface area contributed by atoms with E-state index in [-0.39, 0.29) is 17.4 Å². The highest BCUT2D eigenvalue weighted by Gasteiger charge is 2.09. The highest BCUT2D eigenvalue weighted by atomic mass is 16.3. The minimum atomic E-state index is -0.119. The number of benzene rings is 1. The maximum absolute atomic E-state index is 12.1. The van der Waals surface area contributed by atoms with E-state index in [9.17, 15) is 15.0 Å². The Hall–Kier alpha value is -2.17. The van der Waals surface area contributed by atoms with Crippen LogP contribution < -0.4 is 5.32 Å². The Balaban J connectivity index is 1.28. The van der Waals surface area contributed by atoms with Crippen LogP contribution in [0.4, 0.5) is 0 Å². The molecule has 4 N–H and O–H groups in total. The standard InChI is InChI=1S/C35H60N2O3/c1-2-3-4-5-6-7-8-9-10-11-12-13-14-15-16-17-18-19-20-21-22-23-24-34(39)36-28-27-30-29-31-32(37-30)25-26-33(38)35(31)40/h25-26,29,37-38,40H,2-24,27-28H2,1H3,(H,36,39). The number of rotatable bonds is 26. The minimum Gasteiger partial charge on any atom is -0.504 e. The summed E-state index contributed by atoms with van der Waals surface area (Å²) in [5.41, 5.74) is 1.71. The first-order valence-electron chi connectivity index (χ1n) is 16.9. The van der Waals surface area contributed by atoms with Crippen molar-refractivity contribution in [1.29, 1.82) is 0 Å². The van der Waals surface area contributed by atoms with Gasteiger partial charge < -0.3 is 20.5 Å². The molecule has 0 unspecified atom stereocenters. The third-order valence-electron chi connectivity index (χ3n) is 8.28. The van der Waals surface area contributed by atoms with Crippen molar-refractivity contribution >= 4 is 16.8 Å². The zero-order chi connectivity index (χ0) is 28.7. The van der Waals surface area contributed by atoms with Crippen LogP contribution in [-0.2, 0) is 11.2 Å². The van der Waals surface area contributed by atoms with E-state index in [1.165, 1.54) is 134 Å². The van der Waals surface area contributed by atoms with Crippen molar-refractivity contribution in [2.75, 3.05) is 6.54 Å². The van der Waals surface area contributed by atoms with Gasteiger partial charge in [0.15, 0.2) is 11.5 Å². The molecule has 5 nitrogen and oxygen atoms in total. The van der Waals surface area contributed by atoms with Crippen molar-refractivity contribution in [1.82, 2.24) is 10.3 Å². The van der Waals surface area contributed by atoms with Gasteiger partial charge in [-0.3, -0.25) is 4.79 Å². The maximum Gasteiger partial charge on any atom is 0.220 e. The summed E-state index contributed by atoms with van der Waals surface area (Å²) in [4.78, 5) is 15.3. The molecule has 0 atom stereocenters. The van der Waals surface area contributed by atoms with Gasteiger partial charge >= 0.3 is 0 Å². The number of amides is 1. The van der Waals surface area contributed by atoms with Crippen LogP contribution in [-0.4, -0.2) is 27.6 Å². The summed E-state index contributed by atoms with van der Waals surface area (Å²) in [5.74, 6) is -0.106. The van der Waals surface area contributed by atoms with E-state index in [4.69, 9.17) is 0 Å². The number of nitrogens with one attached hydrogen (secondary N) is 2. The summed E-state index contributed by atoms with van der Waals surface area (Å²) >= 11 is 0. The first-order valence-corrected chi connectivity index (χ1v) is 16.9.